The molecule has 3 aromatic rings. The molecule has 0 atom stereocenters. The summed E-state index contributed by atoms with van der Waals surface area (Å²) in [5.41, 5.74) is 1.66. The standard InChI is InChI=1S/C18H15ClN2O3/c1-22-14-7-3-5-12(9-14)10-16(19)18-20-17(21-24-18)13-6-4-8-15(11-13)23-2/h3-11H,1-2H3/b16-10-. The van der Waals surface area contributed by atoms with Gasteiger partial charge in [-0.1, -0.05) is 41.0 Å². The summed E-state index contributed by atoms with van der Waals surface area (Å²) in [5, 5.41) is 4.32. The maximum absolute atomic E-state index is 6.29. The second kappa shape index (κ2) is 7.19. The van der Waals surface area contributed by atoms with E-state index in [1.165, 1.54) is 0 Å². The molecule has 0 aliphatic carbocycles. The zero-order valence-corrected chi connectivity index (χ0v) is 13.9. The zero-order chi connectivity index (χ0) is 16.9. The molecule has 122 valence electrons. The summed E-state index contributed by atoms with van der Waals surface area (Å²) in [6.45, 7) is 0. The van der Waals surface area contributed by atoms with E-state index in [0.29, 0.717) is 10.9 Å². The first kappa shape index (κ1) is 16.1. The Kier molecular flexibility index (Phi) is 4.82. The van der Waals surface area contributed by atoms with Gasteiger partial charge in [0.15, 0.2) is 0 Å². The number of hydrogen-bond donors (Lipinski definition) is 0. The average molecular weight is 343 g/mol. The van der Waals surface area contributed by atoms with Gasteiger partial charge in [-0.25, -0.2) is 0 Å². The molecule has 5 nitrogen and oxygen atoms in total. The van der Waals surface area contributed by atoms with E-state index in [1.807, 2.05) is 48.5 Å². The van der Waals surface area contributed by atoms with Crippen molar-refractivity contribution in [2.75, 3.05) is 14.2 Å². The van der Waals surface area contributed by atoms with E-state index in [2.05, 4.69) is 10.1 Å². The summed E-state index contributed by atoms with van der Waals surface area (Å²) in [7, 11) is 3.22. The molecule has 2 aromatic carbocycles. The fraction of sp³-hybridized carbons (Fsp3) is 0.111. The Morgan fingerprint density at radius 2 is 1.75 bits per heavy atom. The lowest BCUT2D eigenvalue weighted by Gasteiger charge is -2.00. The minimum Gasteiger partial charge on any atom is -0.497 e. The van der Waals surface area contributed by atoms with Crippen LogP contribution in [0.4, 0.5) is 0 Å². The van der Waals surface area contributed by atoms with Gasteiger partial charge in [0.25, 0.3) is 5.89 Å². The van der Waals surface area contributed by atoms with Crippen LogP contribution in [-0.4, -0.2) is 24.4 Å². The molecule has 0 spiro atoms. The normalized spacial score (nSPS) is 11.4. The number of aromatic nitrogens is 2. The van der Waals surface area contributed by atoms with Crippen LogP contribution in [0.15, 0.2) is 53.1 Å². The zero-order valence-electron chi connectivity index (χ0n) is 13.2. The van der Waals surface area contributed by atoms with Crippen molar-refractivity contribution in [1.29, 1.82) is 0 Å². The highest BCUT2D eigenvalue weighted by Gasteiger charge is 2.12. The summed E-state index contributed by atoms with van der Waals surface area (Å²) in [4.78, 5) is 4.33. The maximum Gasteiger partial charge on any atom is 0.269 e. The van der Waals surface area contributed by atoms with Gasteiger partial charge in [0.1, 0.15) is 16.5 Å². The van der Waals surface area contributed by atoms with Crippen LogP contribution in [0.25, 0.3) is 22.5 Å². The Bertz CT molecular complexity index is 874. The monoisotopic (exact) mass is 342 g/mol. The number of rotatable bonds is 5. The van der Waals surface area contributed by atoms with E-state index in [-0.39, 0.29) is 5.89 Å². The third-order valence-corrected chi connectivity index (χ3v) is 3.62. The quantitative estimate of drug-likeness (QED) is 0.683. The summed E-state index contributed by atoms with van der Waals surface area (Å²) in [6.07, 6.45) is 1.74. The van der Waals surface area contributed by atoms with Crippen LogP contribution in [-0.2, 0) is 0 Å². The van der Waals surface area contributed by atoms with Gasteiger partial charge in [-0.15, -0.1) is 0 Å². The molecular formula is C18H15ClN2O3. The average Bonchev–Trinajstić information content (AvgIpc) is 3.12. The minimum absolute atomic E-state index is 0.248. The topological polar surface area (TPSA) is 57.4 Å². The molecule has 0 aliphatic heterocycles. The second-order valence-corrected chi connectivity index (χ2v) is 5.33. The lowest BCUT2D eigenvalue weighted by Crippen LogP contribution is -1.85. The minimum atomic E-state index is 0.248. The highest BCUT2D eigenvalue weighted by molar-refractivity contribution is 6.50. The fourth-order valence-electron chi connectivity index (χ4n) is 2.14. The third-order valence-electron chi connectivity index (χ3n) is 3.35. The van der Waals surface area contributed by atoms with Crippen LogP contribution in [0.3, 0.4) is 0 Å². The van der Waals surface area contributed by atoms with Crippen LogP contribution >= 0.6 is 11.6 Å². The Morgan fingerprint density at radius 3 is 2.50 bits per heavy atom. The lowest BCUT2D eigenvalue weighted by atomic mass is 10.2. The summed E-state index contributed by atoms with van der Waals surface area (Å²) >= 11 is 6.29. The molecule has 0 unspecified atom stereocenters. The van der Waals surface area contributed by atoms with Gasteiger partial charge < -0.3 is 14.0 Å². The van der Waals surface area contributed by atoms with Crippen molar-refractivity contribution in [3.8, 4) is 22.9 Å². The molecule has 0 bridgehead atoms. The molecule has 0 aliphatic rings. The van der Waals surface area contributed by atoms with E-state index in [1.54, 1.807) is 20.3 Å². The van der Waals surface area contributed by atoms with Crippen LogP contribution in [0.2, 0.25) is 0 Å². The molecule has 0 fully saturated rings. The first-order valence-corrected chi connectivity index (χ1v) is 7.57. The number of halogens is 1. The third kappa shape index (κ3) is 3.58. The van der Waals surface area contributed by atoms with Crippen molar-refractivity contribution in [3.63, 3.8) is 0 Å². The van der Waals surface area contributed by atoms with Crippen molar-refractivity contribution >= 4 is 22.7 Å². The molecule has 0 saturated carbocycles. The summed E-state index contributed by atoms with van der Waals surface area (Å²) < 4.78 is 15.6. The smallest absolute Gasteiger partial charge is 0.269 e. The molecule has 0 N–H and O–H groups in total. The van der Waals surface area contributed by atoms with E-state index >= 15 is 0 Å². The van der Waals surface area contributed by atoms with Gasteiger partial charge in [0, 0.05) is 5.56 Å². The molecular weight excluding hydrogens is 328 g/mol. The number of hydrogen-bond acceptors (Lipinski definition) is 5. The predicted octanol–water partition coefficient (Wildman–Crippen LogP) is 4.49. The molecule has 1 heterocycles. The van der Waals surface area contributed by atoms with Gasteiger partial charge in [-0.3, -0.25) is 0 Å². The van der Waals surface area contributed by atoms with Crippen molar-refractivity contribution in [2.45, 2.75) is 0 Å². The van der Waals surface area contributed by atoms with E-state index in [9.17, 15) is 0 Å². The fourth-order valence-corrected chi connectivity index (χ4v) is 2.34. The molecule has 24 heavy (non-hydrogen) atoms. The van der Waals surface area contributed by atoms with Gasteiger partial charge in [-0.2, -0.15) is 4.98 Å². The second-order valence-electron chi connectivity index (χ2n) is 4.92. The van der Waals surface area contributed by atoms with Crippen LogP contribution in [0, 0.1) is 0 Å². The van der Waals surface area contributed by atoms with Gasteiger partial charge in [0.05, 0.1) is 14.2 Å². The first-order valence-electron chi connectivity index (χ1n) is 7.19. The summed E-state index contributed by atoms with van der Waals surface area (Å²) in [5.74, 6) is 2.16. The van der Waals surface area contributed by atoms with E-state index in [4.69, 9.17) is 25.6 Å². The number of ether oxygens (including phenoxy) is 2. The van der Waals surface area contributed by atoms with Gasteiger partial charge in [-0.05, 0) is 35.9 Å². The van der Waals surface area contributed by atoms with Crippen molar-refractivity contribution in [1.82, 2.24) is 10.1 Å². The highest BCUT2D eigenvalue weighted by atomic mass is 35.5. The van der Waals surface area contributed by atoms with E-state index in [0.717, 1.165) is 22.6 Å². The molecule has 3 rings (SSSR count). The van der Waals surface area contributed by atoms with Crippen molar-refractivity contribution in [3.05, 3.63) is 60.0 Å². The molecule has 0 radical (unpaired) electrons. The Hall–Kier alpha value is -2.79. The Labute approximate surface area is 144 Å². The highest BCUT2D eigenvalue weighted by Crippen LogP contribution is 2.26. The van der Waals surface area contributed by atoms with Crippen LogP contribution in [0.5, 0.6) is 11.5 Å². The number of nitrogens with zero attached hydrogens (tertiary/aromatic N) is 2. The van der Waals surface area contributed by atoms with Crippen molar-refractivity contribution < 1.29 is 14.0 Å². The Morgan fingerprint density at radius 1 is 1.04 bits per heavy atom. The van der Waals surface area contributed by atoms with Gasteiger partial charge in [0.2, 0.25) is 5.82 Å². The number of benzene rings is 2. The molecule has 6 heteroatoms. The van der Waals surface area contributed by atoms with Gasteiger partial charge >= 0.3 is 0 Å². The largest absolute Gasteiger partial charge is 0.497 e. The molecule has 1 aromatic heterocycles. The van der Waals surface area contributed by atoms with Crippen molar-refractivity contribution in [2.24, 2.45) is 0 Å². The lowest BCUT2D eigenvalue weighted by molar-refractivity contribution is 0.409. The predicted molar refractivity (Wildman–Crippen MR) is 93.0 cm³/mol. The van der Waals surface area contributed by atoms with Crippen LogP contribution < -0.4 is 9.47 Å². The Balaban J connectivity index is 1.87. The first-order chi connectivity index (χ1) is 11.7. The van der Waals surface area contributed by atoms with Crippen LogP contribution in [0.1, 0.15) is 11.5 Å². The maximum atomic E-state index is 6.29. The molecule has 0 amide bonds. The molecule has 0 saturated heterocycles. The SMILES string of the molecule is COc1cccc(/C=C(\Cl)c2nc(-c3cccc(OC)c3)no2)c1. The number of methoxy groups -OCH3 is 2. The summed E-state index contributed by atoms with van der Waals surface area (Å²) in [6, 6.07) is 14.9. The van der Waals surface area contributed by atoms with E-state index < -0.39 is 0 Å².